The summed E-state index contributed by atoms with van der Waals surface area (Å²) in [6.45, 7) is 5.58. The molecule has 0 aliphatic carbocycles. The van der Waals surface area contributed by atoms with Gasteiger partial charge in [-0.3, -0.25) is 9.89 Å². The normalized spacial score (nSPS) is 15.4. The number of halogens is 1. The summed E-state index contributed by atoms with van der Waals surface area (Å²) in [5.41, 5.74) is 6.75. The van der Waals surface area contributed by atoms with Gasteiger partial charge in [-0.1, -0.05) is 0 Å². The van der Waals surface area contributed by atoms with Gasteiger partial charge in [0.15, 0.2) is 17.5 Å². The molecule has 8 heteroatoms. The number of benzene rings is 1. The third-order valence-electron chi connectivity index (χ3n) is 3.92. The molecule has 0 aromatic heterocycles. The van der Waals surface area contributed by atoms with E-state index >= 15 is 0 Å². The first kappa shape index (κ1) is 21.8. The van der Waals surface area contributed by atoms with E-state index in [0.717, 1.165) is 57.9 Å². The van der Waals surface area contributed by atoms with Crippen molar-refractivity contribution in [3.05, 3.63) is 18.2 Å². The molecule has 0 spiro atoms. The first-order chi connectivity index (χ1) is 11.7. The Morgan fingerprint density at radius 3 is 2.60 bits per heavy atom. The first-order valence-electron chi connectivity index (χ1n) is 8.32. The van der Waals surface area contributed by atoms with Gasteiger partial charge >= 0.3 is 0 Å². The second-order valence-electron chi connectivity index (χ2n) is 5.62. The Morgan fingerprint density at radius 1 is 1.20 bits per heavy atom. The number of hydrogen-bond acceptors (Lipinski definition) is 5. The molecule has 1 heterocycles. The van der Waals surface area contributed by atoms with Crippen LogP contribution in [0.2, 0.25) is 0 Å². The van der Waals surface area contributed by atoms with Gasteiger partial charge in [0.05, 0.1) is 27.4 Å². The fourth-order valence-corrected chi connectivity index (χ4v) is 2.57. The summed E-state index contributed by atoms with van der Waals surface area (Å²) in [5.74, 6) is 1.75. The van der Waals surface area contributed by atoms with Crippen LogP contribution < -0.4 is 20.5 Å². The van der Waals surface area contributed by atoms with Crippen molar-refractivity contribution < 1.29 is 14.2 Å². The highest BCUT2D eigenvalue weighted by molar-refractivity contribution is 14.0. The Hall–Kier alpha value is -1.26. The van der Waals surface area contributed by atoms with E-state index in [1.54, 1.807) is 14.2 Å². The smallest absolute Gasteiger partial charge is 0.193 e. The number of anilines is 1. The number of methoxy groups -OCH3 is 2. The lowest BCUT2D eigenvalue weighted by Gasteiger charge is -2.26. The highest BCUT2D eigenvalue weighted by atomic mass is 127. The molecule has 0 bridgehead atoms. The van der Waals surface area contributed by atoms with Gasteiger partial charge in [0, 0.05) is 31.4 Å². The van der Waals surface area contributed by atoms with Gasteiger partial charge in [-0.2, -0.15) is 0 Å². The van der Waals surface area contributed by atoms with Crippen molar-refractivity contribution in [2.45, 2.75) is 12.8 Å². The number of rotatable bonds is 8. The molecule has 1 aromatic rings. The van der Waals surface area contributed by atoms with Gasteiger partial charge in [0.1, 0.15) is 0 Å². The Kier molecular flexibility index (Phi) is 10.6. The van der Waals surface area contributed by atoms with Gasteiger partial charge in [0.2, 0.25) is 0 Å². The summed E-state index contributed by atoms with van der Waals surface area (Å²) in [4.78, 5) is 6.80. The molecule has 3 N–H and O–H groups in total. The lowest BCUT2D eigenvalue weighted by atomic mass is 10.2. The minimum atomic E-state index is 0. The van der Waals surface area contributed by atoms with Crippen molar-refractivity contribution in [2.75, 3.05) is 58.9 Å². The van der Waals surface area contributed by atoms with Crippen LogP contribution in [0.25, 0.3) is 0 Å². The van der Waals surface area contributed by atoms with E-state index < -0.39 is 0 Å². The summed E-state index contributed by atoms with van der Waals surface area (Å²) < 4.78 is 15.8. The fraction of sp³-hybridized carbons (Fsp3) is 0.588. The molecule has 1 fully saturated rings. The molecule has 0 radical (unpaired) electrons. The van der Waals surface area contributed by atoms with Crippen molar-refractivity contribution >= 4 is 35.6 Å². The summed E-state index contributed by atoms with van der Waals surface area (Å²) >= 11 is 0. The number of morpholine rings is 1. The van der Waals surface area contributed by atoms with Gasteiger partial charge in [0.25, 0.3) is 0 Å². The van der Waals surface area contributed by atoms with Crippen LogP contribution in [-0.2, 0) is 4.74 Å². The summed E-state index contributed by atoms with van der Waals surface area (Å²) in [5, 5.41) is 3.07. The van der Waals surface area contributed by atoms with Crippen molar-refractivity contribution in [1.29, 1.82) is 0 Å². The zero-order chi connectivity index (χ0) is 17.2. The molecule has 142 valence electrons. The van der Waals surface area contributed by atoms with Crippen LogP contribution in [0, 0.1) is 0 Å². The zero-order valence-electron chi connectivity index (χ0n) is 15.0. The number of unbranched alkanes of at least 4 members (excludes halogenated alkanes) is 1. The Labute approximate surface area is 166 Å². The van der Waals surface area contributed by atoms with Crippen LogP contribution >= 0.6 is 24.0 Å². The first-order valence-corrected chi connectivity index (χ1v) is 8.32. The molecular formula is C17H29IN4O3. The molecule has 1 saturated heterocycles. The van der Waals surface area contributed by atoms with Gasteiger partial charge in [-0.25, -0.2) is 0 Å². The van der Waals surface area contributed by atoms with Crippen LogP contribution in [0.4, 0.5) is 5.69 Å². The number of nitrogens with two attached hydrogens (primary N) is 1. The predicted octanol–water partition coefficient (Wildman–Crippen LogP) is 2.16. The Bertz CT molecular complexity index is 537. The van der Waals surface area contributed by atoms with E-state index in [1.165, 1.54) is 0 Å². The average Bonchev–Trinajstić information content (AvgIpc) is 2.62. The van der Waals surface area contributed by atoms with Gasteiger partial charge in [-0.05, 0) is 31.5 Å². The number of hydrogen-bond donors (Lipinski definition) is 2. The monoisotopic (exact) mass is 464 g/mol. The third kappa shape index (κ3) is 7.66. The lowest BCUT2D eigenvalue weighted by Crippen LogP contribution is -2.36. The molecule has 2 rings (SSSR count). The maximum absolute atomic E-state index is 5.93. The number of guanidine groups is 1. The van der Waals surface area contributed by atoms with E-state index in [9.17, 15) is 0 Å². The maximum atomic E-state index is 5.93. The minimum absolute atomic E-state index is 0. The largest absolute Gasteiger partial charge is 0.493 e. The van der Waals surface area contributed by atoms with Crippen LogP contribution in [0.5, 0.6) is 11.5 Å². The lowest BCUT2D eigenvalue weighted by molar-refractivity contribution is 0.0373. The molecule has 0 amide bonds. The van der Waals surface area contributed by atoms with Crippen molar-refractivity contribution in [1.82, 2.24) is 4.90 Å². The molecule has 1 aromatic carbocycles. The molecule has 0 saturated carbocycles. The molecule has 0 unspecified atom stereocenters. The number of nitrogens with zero attached hydrogens (tertiary/aromatic N) is 2. The highest BCUT2D eigenvalue weighted by Crippen LogP contribution is 2.29. The third-order valence-corrected chi connectivity index (χ3v) is 3.92. The van der Waals surface area contributed by atoms with Crippen molar-refractivity contribution in [3.63, 3.8) is 0 Å². The molecule has 1 aliphatic heterocycles. The molecule has 7 nitrogen and oxygen atoms in total. The number of ether oxygens (including phenoxy) is 3. The van der Waals surface area contributed by atoms with E-state index in [2.05, 4.69) is 15.2 Å². The Balaban J connectivity index is 0.00000312. The predicted molar refractivity (Wildman–Crippen MR) is 112 cm³/mol. The van der Waals surface area contributed by atoms with E-state index in [1.807, 2.05) is 18.2 Å². The SMILES string of the molecule is COc1ccc(NC(N)=NCCCCN2CCOCC2)cc1OC.I. The van der Waals surface area contributed by atoms with Crippen LogP contribution in [-0.4, -0.2) is 64.5 Å². The van der Waals surface area contributed by atoms with Gasteiger partial charge < -0.3 is 25.3 Å². The highest BCUT2D eigenvalue weighted by Gasteiger charge is 2.09. The minimum Gasteiger partial charge on any atom is -0.493 e. The maximum Gasteiger partial charge on any atom is 0.193 e. The van der Waals surface area contributed by atoms with Crippen LogP contribution in [0.3, 0.4) is 0 Å². The van der Waals surface area contributed by atoms with E-state index in [4.69, 9.17) is 19.9 Å². The van der Waals surface area contributed by atoms with Crippen molar-refractivity contribution in [2.24, 2.45) is 10.7 Å². The zero-order valence-corrected chi connectivity index (χ0v) is 17.3. The molecule has 25 heavy (non-hydrogen) atoms. The second-order valence-corrected chi connectivity index (χ2v) is 5.62. The molecular weight excluding hydrogens is 435 g/mol. The standard InChI is InChI=1S/C17H28N4O3.HI/c1-22-15-6-5-14(13-16(15)23-2)20-17(18)19-7-3-4-8-21-9-11-24-12-10-21;/h5-6,13H,3-4,7-12H2,1-2H3,(H3,18,19,20);1H. The summed E-state index contributed by atoms with van der Waals surface area (Å²) in [6, 6.07) is 5.54. The summed E-state index contributed by atoms with van der Waals surface area (Å²) in [6.07, 6.45) is 2.14. The molecule has 0 atom stereocenters. The van der Waals surface area contributed by atoms with Crippen LogP contribution in [0.15, 0.2) is 23.2 Å². The number of aliphatic imine (C=N–C) groups is 1. The van der Waals surface area contributed by atoms with Crippen LogP contribution in [0.1, 0.15) is 12.8 Å². The van der Waals surface area contributed by atoms with E-state index in [-0.39, 0.29) is 24.0 Å². The van der Waals surface area contributed by atoms with Gasteiger partial charge in [-0.15, -0.1) is 24.0 Å². The Morgan fingerprint density at radius 2 is 1.92 bits per heavy atom. The van der Waals surface area contributed by atoms with E-state index in [0.29, 0.717) is 17.5 Å². The average molecular weight is 464 g/mol. The quantitative estimate of drug-likeness (QED) is 0.266. The fourth-order valence-electron chi connectivity index (χ4n) is 2.57. The number of nitrogens with one attached hydrogen (secondary N) is 1. The topological polar surface area (TPSA) is 81.3 Å². The molecule has 1 aliphatic rings. The summed E-state index contributed by atoms with van der Waals surface area (Å²) in [7, 11) is 3.21. The second kappa shape index (κ2) is 12.2. The van der Waals surface area contributed by atoms with Crippen molar-refractivity contribution in [3.8, 4) is 11.5 Å².